The van der Waals surface area contributed by atoms with Gasteiger partial charge in [-0.25, -0.2) is 4.68 Å². The van der Waals surface area contributed by atoms with Crippen molar-refractivity contribution in [3.05, 3.63) is 18.5 Å². The fraction of sp³-hybridized carbons (Fsp3) is 0.417. The number of anilines is 2. The number of amides is 1. The molecule has 3 heterocycles. The maximum Gasteiger partial charge on any atom is 0.257 e. The number of rotatable bonds is 3. The van der Waals surface area contributed by atoms with Gasteiger partial charge in [0.2, 0.25) is 17.8 Å². The van der Waals surface area contributed by atoms with E-state index in [-0.39, 0.29) is 17.9 Å². The Labute approximate surface area is 121 Å². The molecule has 9 nitrogen and oxygen atoms in total. The van der Waals surface area contributed by atoms with Crippen LogP contribution in [0.5, 0.6) is 0 Å². The molecule has 1 saturated heterocycles. The van der Waals surface area contributed by atoms with Crippen LogP contribution in [0.25, 0.3) is 5.95 Å². The molecular weight excluding hydrogens is 272 g/mol. The quantitative estimate of drug-likeness (QED) is 0.771. The molecule has 1 unspecified atom stereocenters. The Balaban J connectivity index is 1.81. The fourth-order valence-electron chi connectivity index (χ4n) is 2.35. The number of nitrogens with zero attached hydrogens (tertiary/aromatic N) is 6. The minimum absolute atomic E-state index is 0.0331. The van der Waals surface area contributed by atoms with Crippen molar-refractivity contribution in [2.45, 2.75) is 19.4 Å². The first-order valence-electron chi connectivity index (χ1n) is 6.65. The van der Waals surface area contributed by atoms with Crippen molar-refractivity contribution in [3.63, 3.8) is 0 Å². The smallest absolute Gasteiger partial charge is 0.257 e. The van der Waals surface area contributed by atoms with Gasteiger partial charge in [0.25, 0.3) is 5.95 Å². The lowest BCUT2D eigenvalue weighted by atomic mass is 10.3. The first kappa shape index (κ1) is 13.3. The van der Waals surface area contributed by atoms with Crippen molar-refractivity contribution in [1.29, 1.82) is 0 Å². The topological polar surface area (TPSA) is 115 Å². The fourth-order valence-corrected chi connectivity index (χ4v) is 2.35. The Morgan fingerprint density at radius 1 is 1.38 bits per heavy atom. The number of aromatic nitrogens is 5. The van der Waals surface area contributed by atoms with Gasteiger partial charge in [0.05, 0.1) is 0 Å². The van der Waals surface area contributed by atoms with Crippen LogP contribution in [0.2, 0.25) is 0 Å². The standard InChI is InChI=1S/C12H16N8O/c1-8(21)15-9-3-6-19(7-9)11-16-10(13)17-12(18-11)20-5-2-4-14-20/h2,4-5,9H,3,6-7H2,1H3,(H,15,21)(H2,13,16,17,18). The summed E-state index contributed by atoms with van der Waals surface area (Å²) in [6, 6.07) is 1.89. The second-order valence-electron chi connectivity index (χ2n) is 4.88. The highest BCUT2D eigenvalue weighted by molar-refractivity contribution is 5.73. The Hall–Kier alpha value is -2.71. The Morgan fingerprint density at radius 2 is 2.19 bits per heavy atom. The van der Waals surface area contributed by atoms with E-state index in [9.17, 15) is 4.79 Å². The molecule has 0 saturated carbocycles. The highest BCUT2D eigenvalue weighted by Crippen LogP contribution is 2.17. The summed E-state index contributed by atoms with van der Waals surface area (Å²) in [5.41, 5.74) is 5.75. The summed E-state index contributed by atoms with van der Waals surface area (Å²) in [7, 11) is 0. The number of carbonyl (C=O) groups is 1. The number of carbonyl (C=O) groups excluding carboxylic acids is 1. The van der Waals surface area contributed by atoms with Crippen molar-refractivity contribution in [3.8, 4) is 5.95 Å². The second-order valence-corrected chi connectivity index (χ2v) is 4.88. The predicted molar refractivity (Wildman–Crippen MR) is 75.8 cm³/mol. The number of hydrogen-bond acceptors (Lipinski definition) is 7. The van der Waals surface area contributed by atoms with E-state index in [0.29, 0.717) is 18.4 Å². The van der Waals surface area contributed by atoms with E-state index < -0.39 is 0 Å². The molecular formula is C12H16N8O. The Bertz CT molecular complexity index is 641. The summed E-state index contributed by atoms with van der Waals surface area (Å²) >= 11 is 0. The molecule has 2 aromatic rings. The molecule has 21 heavy (non-hydrogen) atoms. The Morgan fingerprint density at radius 3 is 2.90 bits per heavy atom. The molecule has 0 radical (unpaired) electrons. The van der Waals surface area contributed by atoms with Crippen molar-refractivity contribution in [2.75, 3.05) is 23.7 Å². The summed E-state index contributed by atoms with van der Waals surface area (Å²) in [4.78, 5) is 25.7. The molecule has 1 amide bonds. The van der Waals surface area contributed by atoms with E-state index in [4.69, 9.17) is 5.73 Å². The van der Waals surface area contributed by atoms with Gasteiger partial charge < -0.3 is 16.0 Å². The zero-order valence-electron chi connectivity index (χ0n) is 11.6. The van der Waals surface area contributed by atoms with Crippen molar-refractivity contribution in [2.24, 2.45) is 0 Å². The highest BCUT2D eigenvalue weighted by Gasteiger charge is 2.25. The normalized spacial score (nSPS) is 18.0. The zero-order valence-corrected chi connectivity index (χ0v) is 11.6. The van der Waals surface area contributed by atoms with Crippen LogP contribution in [0.4, 0.5) is 11.9 Å². The van der Waals surface area contributed by atoms with E-state index in [0.717, 1.165) is 13.0 Å². The van der Waals surface area contributed by atoms with E-state index in [1.807, 2.05) is 4.90 Å². The highest BCUT2D eigenvalue weighted by atomic mass is 16.1. The minimum Gasteiger partial charge on any atom is -0.368 e. The summed E-state index contributed by atoms with van der Waals surface area (Å²) in [5.74, 6) is 0.994. The average molecular weight is 288 g/mol. The average Bonchev–Trinajstić information content (AvgIpc) is 3.08. The number of nitrogens with two attached hydrogens (primary N) is 1. The maximum absolute atomic E-state index is 11.1. The predicted octanol–water partition coefficient (Wildman–Crippen LogP) is -0.646. The van der Waals surface area contributed by atoms with Crippen LogP contribution in [0.1, 0.15) is 13.3 Å². The van der Waals surface area contributed by atoms with Crippen LogP contribution in [-0.4, -0.2) is 49.8 Å². The van der Waals surface area contributed by atoms with Crippen LogP contribution in [-0.2, 0) is 4.79 Å². The van der Waals surface area contributed by atoms with Crippen molar-refractivity contribution < 1.29 is 4.79 Å². The summed E-state index contributed by atoms with van der Waals surface area (Å²) < 4.78 is 1.53. The monoisotopic (exact) mass is 288 g/mol. The summed E-state index contributed by atoms with van der Waals surface area (Å²) in [6.07, 6.45) is 4.23. The van der Waals surface area contributed by atoms with Gasteiger partial charge in [0.1, 0.15) is 0 Å². The minimum atomic E-state index is -0.0331. The molecule has 3 rings (SSSR count). The molecule has 1 atom stereocenters. The van der Waals surface area contributed by atoms with Gasteiger partial charge in [0, 0.05) is 38.4 Å². The molecule has 1 fully saturated rings. The first-order chi connectivity index (χ1) is 10.1. The first-order valence-corrected chi connectivity index (χ1v) is 6.65. The number of nitrogen functional groups attached to an aromatic ring is 1. The zero-order chi connectivity index (χ0) is 14.8. The second kappa shape index (κ2) is 5.35. The van der Waals surface area contributed by atoms with Gasteiger partial charge in [-0.1, -0.05) is 0 Å². The Kier molecular flexibility index (Phi) is 3.38. The molecule has 110 valence electrons. The molecule has 9 heteroatoms. The molecule has 0 aromatic carbocycles. The lowest BCUT2D eigenvalue weighted by Crippen LogP contribution is -2.36. The lowest BCUT2D eigenvalue weighted by molar-refractivity contribution is -0.119. The third-order valence-electron chi connectivity index (χ3n) is 3.22. The third-order valence-corrected chi connectivity index (χ3v) is 3.22. The summed E-state index contributed by atoms with van der Waals surface area (Å²) in [6.45, 7) is 2.92. The van der Waals surface area contributed by atoms with Gasteiger partial charge in [-0.3, -0.25) is 4.79 Å². The molecule has 1 aliphatic heterocycles. The van der Waals surface area contributed by atoms with Crippen LogP contribution in [0, 0.1) is 0 Å². The molecule has 0 aliphatic carbocycles. The van der Waals surface area contributed by atoms with Gasteiger partial charge in [0.15, 0.2) is 0 Å². The van der Waals surface area contributed by atoms with E-state index in [2.05, 4.69) is 25.4 Å². The van der Waals surface area contributed by atoms with Crippen molar-refractivity contribution >= 4 is 17.8 Å². The van der Waals surface area contributed by atoms with Gasteiger partial charge in [-0.15, -0.1) is 0 Å². The van der Waals surface area contributed by atoms with E-state index >= 15 is 0 Å². The van der Waals surface area contributed by atoms with Crippen LogP contribution in [0.3, 0.4) is 0 Å². The van der Waals surface area contributed by atoms with Crippen molar-refractivity contribution in [1.82, 2.24) is 30.0 Å². The molecule has 2 aromatic heterocycles. The van der Waals surface area contributed by atoms with E-state index in [1.54, 1.807) is 18.5 Å². The van der Waals surface area contributed by atoms with Crippen LogP contribution >= 0.6 is 0 Å². The van der Waals surface area contributed by atoms with Gasteiger partial charge in [-0.05, 0) is 12.5 Å². The number of nitrogens with one attached hydrogen (secondary N) is 1. The molecule has 0 spiro atoms. The van der Waals surface area contributed by atoms with E-state index in [1.165, 1.54) is 11.6 Å². The number of hydrogen-bond donors (Lipinski definition) is 2. The van der Waals surface area contributed by atoms with Crippen LogP contribution < -0.4 is 16.0 Å². The van der Waals surface area contributed by atoms with Gasteiger partial charge >= 0.3 is 0 Å². The van der Waals surface area contributed by atoms with Gasteiger partial charge in [-0.2, -0.15) is 20.1 Å². The molecule has 3 N–H and O–H groups in total. The molecule has 1 aliphatic rings. The van der Waals surface area contributed by atoms with Crippen LogP contribution in [0.15, 0.2) is 18.5 Å². The SMILES string of the molecule is CC(=O)NC1CCN(c2nc(N)nc(-n3cccn3)n2)C1. The lowest BCUT2D eigenvalue weighted by Gasteiger charge is -2.17. The third kappa shape index (κ3) is 2.91. The largest absolute Gasteiger partial charge is 0.368 e. The maximum atomic E-state index is 11.1. The molecule has 0 bridgehead atoms. The summed E-state index contributed by atoms with van der Waals surface area (Å²) in [5, 5.41) is 6.98.